The first kappa shape index (κ1) is 17.7. The number of nitrogens with zero attached hydrogens (tertiary/aromatic N) is 1. The fourth-order valence-corrected chi connectivity index (χ4v) is 2.51. The molecule has 1 heterocycles. The standard InChI is InChI=1S/C20H15F3N2O/c1-13-11-17-16(12-24-13)3-2-4-18(17)25-19(26)15-7-5-14(6-8-15)9-10-20(21,22)23/h2-12H,1H3,(H,25,26)/b10-9+. The third kappa shape index (κ3) is 4.27. The van der Waals surface area contributed by atoms with Crippen LogP contribution in [-0.2, 0) is 0 Å². The van der Waals surface area contributed by atoms with Crippen LogP contribution in [0.5, 0.6) is 0 Å². The Morgan fingerprint density at radius 2 is 1.85 bits per heavy atom. The number of anilines is 1. The van der Waals surface area contributed by atoms with E-state index in [-0.39, 0.29) is 12.0 Å². The first-order chi connectivity index (χ1) is 12.3. The van der Waals surface area contributed by atoms with Crippen molar-refractivity contribution in [2.24, 2.45) is 0 Å². The van der Waals surface area contributed by atoms with E-state index in [0.717, 1.165) is 22.5 Å². The largest absolute Gasteiger partial charge is 0.409 e. The Hall–Kier alpha value is -3.15. The summed E-state index contributed by atoms with van der Waals surface area (Å²) >= 11 is 0. The number of fused-ring (bicyclic) bond motifs is 1. The van der Waals surface area contributed by atoms with E-state index in [9.17, 15) is 18.0 Å². The van der Waals surface area contributed by atoms with Gasteiger partial charge in [0.2, 0.25) is 0 Å². The number of carbonyl (C=O) groups is 1. The summed E-state index contributed by atoms with van der Waals surface area (Å²) in [5, 5.41) is 4.62. The van der Waals surface area contributed by atoms with Gasteiger partial charge in [0.05, 0.1) is 0 Å². The number of hydrogen-bond donors (Lipinski definition) is 1. The van der Waals surface area contributed by atoms with Crippen LogP contribution in [0.25, 0.3) is 16.8 Å². The first-order valence-corrected chi connectivity index (χ1v) is 7.84. The van der Waals surface area contributed by atoms with Gasteiger partial charge in [0.25, 0.3) is 5.91 Å². The number of aromatic nitrogens is 1. The highest BCUT2D eigenvalue weighted by Gasteiger charge is 2.21. The molecule has 0 saturated carbocycles. The van der Waals surface area contributed by atoms with Crippen LogP contribution in [0.4, 0.5) is 18.9 Å². The van der Waals surface area contributed by atoms with Crippen LogP contribution in [0, 0.1) is 6.92 Å². The van der Waals surface area contributed by atoms with Crippen LogP contribution in [0.1, 0.15) is 21.6 Å². The Balaban J connectivity index is 1.81. The molecule has 0 bridgehead atoms. The molecular formula is C20H15F3N2O. The van der Waals surface area contributed by atoms with Crippen molar-refractivity contribution in [3.63, 3.8) is 0 Å². The van der Waals surface area contributed by atoms with Gasteiger partial charge >= 0.3 is 6.18 Å². The second-order valence-corrected chi connectivity index (χ2v) is 5.80. The number of aryl methyl sites for hydroxylation is 1. The molecule has 1 aromatic heterocycles. The molecule has 3 nitrogen and oxygen atoms in total. The minimum atomic E-state index is -4.36. The predicted octanol–water partition coefficient (Wildman–Crippen LogP) is 5.37. The molecule has 6 heteroatoms. The van der Waals surface area contributed by atoms with E-state index in [2.05, 4.69) is 10.3 Å². The van der Waals surface area contributed by atoms with E-state index >= 15 is 0 Å². The highest BCUT2D eigenvalue weighted by molar-refractivity contribution is 6.09. The smallest absolute Gasteiger partial charge is 0.321 e. The summed E-state index contributed by atoms with van der Waals surface area (Å²) in [6.07, 6.45) is -1.50. The van der Waals surface area contributed by atoms with E-state index in [1.807, 2.05) is 25.1 Å². The Morgan fingerprint density at radius 3 is 2.54 bits per heavy atom. The molecule has 26 heavy (non-hydrogen) atoms. The van der Waals surface area contributed by atoms with Gasteiger partial charge in [-0.3, -0.25) is 9.78 Å². The van der Waals surface area contributed by atoms with Crippen molar-refractivity contribution < 1.29 is 18.0 Å². The maximum atomic E-state index is 12.4. The van der Waals surface area contributed by atoms with E-state index in [0.29, 0.717) is 16.8 Å². The van der Waals surface area contributed by atoms with Gasteiger partial charge in [0.15, 0.2) is 0 Å². The van der Waals surface area contributed by atoms with Crippen molar-refractivity contribution in [3.8, 4) is 0 Å². The van der Waals surface area contributed by atoms with Gasteiger partial charge in [-0.2, -0.15) is 13.2 Å². The van der Waals surface area contributed by atoms with Gasteiger partial charge in [0, 0.05) is 40.0 Å². The Labute approximate surface area is 148 Å². The van der Waals surface area contributed by atoms with E-state index < -0.39 is 6.18 Å². The molecule has 0 fully saturated rings. The minimum Gasteiger partial charge on any atom is -0.321 e. The van der Waals surface area contributed by atoms with Crippen molar-refractivity contribution in [3.05, 3.63) is 77.6 Å². The maximum Gasteiger partial charge on any atom is 0.409 e. The highest BCUT2D eigenvalue weighted by Crippen LogP contribution is 2.24. The van der Waals surface area contributed by atoms with Crippen LogP contribution in [0.15, 0.2) is 60.8 Å². The lowest BCUT2D eigenvalue weighted by molar-refractivity contribution is -0.0790. The number of amides is 1. The molecule has 0 aliphatic carbocycles. The SMILES string of the molecule is Cc1cc2c(NC(=O)c3ccc(/C=C/C(F)(F)F)cc3)cccc2cn1. The summed E-state index contributed by atoms with van der Waals surface area (Å²) in [5.74, 6) is -0.335. The maximum absolute atomic E-state index is 12.4. The molecule has 0 spiro atoms. The lowest BCUT2D eigenvalue weighted by atomic mass is 10.1. The number of allylic oxidation sites excluding steroid dienone is 1. The van der Waals surface area contributed by atoms with Gasteiger partial charge in [-0.15, -0.1) is 0 Å². The van der Waals surface area contributed by atoms with Crippen molar-refractivity contribution >= 4 is 28.4 Å². The number of hydrogen-bond acceptors (Lipinski definition) is 2. The Kier molecular flexibility index (Phi) is 4.75. The Morgan fingerprint density at radius 1 is 1.12 bits per heavy atom. The molecule has 0 aliphatic rings. The summed E-state index contributed by atoms with van der Waals surface area (Å²) in [5.41, 5.74) is 2.21. The third-order valence-electron chi connectivity index (χ3n) is 3.79. The van der Waals surface area contributed by atoms with E-state index in [1.54, 1.807) is 12.3 Å². The normalized spacial score (nSPS) is 11.8. The van der Waals surface area contributed by atoms with Crippen LogP contribution in [0.2, 0.25) is 0 Å². The van der Waals surface area contributed by atoms with Gasteiger partial charge in [-0.05, 0) is 36.8 Å². The quantitative estimate of drug-likeness (QED) is 0.685. The van der Waals surface area contributed by atoms with Crippen molar-refractivity contribution in [2.45, 2.75) is 13.1 Å². The van der Waals surface area contributed by atoms with Crippen LogP contribution in [-0.4, -0.2) is 17.1 Å². The molecule has 132 valence electrons. The minimum absolute atomic E-state index is 0.161. The van der Waals surface area contributed by atoms with Gasteiger partial charge in [-0.25, -0.2) is 0 Å². The average Bonchev–Trinajstić information content (AvgIpc) is 2.60. The highest BCUT2D eigenvalue weighted by atomic mass is 19.4. The van der Waals surface area contributed by atoms with Gasteiger partial charge < -0.3 is 5.32 Å². The lowest BCUT2D eigenvalue weighted by Crippen LogP contribution is -2.12. The molecular weight excluding hydrogens is 341 g/mol. The van der Waals surface area contributed by atoms with Crippen LogP contribution in [0.3, 0.4) is 0 Å². The number of pyridine rings is 1. The second kappa shape index (κ2) is 7.00. The number of benzene rings is 2. The first-order valence-electron chi connectivity index (χ1n) is 7.84. The lowest BCUT2D eigenvalue weighted by Gasteiger charge is -2.09. The summed E-state index contributed by atoms with van der Waals surface area (Å²) in [6.45, 7) is 1.87. The summed E-state index contributed by atoms with van der Waals surface area (Å²) in [6, 6.07) is 13.3. The van der Waals surface area contributed by atoms with Crippen LogP contribution < -0.4 is 5.32 Å². The van der Waals surface area contributed by atoms with Crippen molar-refractivity contribution in [2.75, 3.05) is 5.32 Å². The molecule has 0 radical (unpaired) electrons. The fraction of sp³-hybridized carbons (Fsp3) is 0.100. The predicted molar refractivity (Wildman–Crippen MR) is 96.0 cm³/mol. The molecule has 0 saturated heterocycles. The number of rotatable bonds is 3. The molecule has 0 unspecified atom stereocenters. The van der Waals surface area contributed by atoms with Gasteiger partial charge in [-0.1, -0.05) is 30.3 Å². The molecule has 0 aliphatic heterocycles. The fourth-order valence-electron chi connectivity index (χ4n) is 2.51. The monoisotopic (exact) mass is 356 g/mol. The number of halogens is 3. The molecule has 3 aromatic rings. The van der Waals surface area contributed by atoms with Crippen LogP contribution >= 0.6 is 0 Å². The number of nitrogens with one attached hydrogen (secondary N) is 1. The van der Waals surface area contributed by atoms with Gasteiger partial charge in [0.1, 0.15) is 0 Å². The van der Waals surface area contributed by atoms with E-state index in [1.165, 1.54) is 24.3 Å². The number of carbonyl (C=O) groups excluding carboxylic acids is 1. The summed E-state index contributed by atoms with van der Waals surface area (Å²) < 4.78 is 36.6. The molecule has 0 atom stereocenters. The van der Waals surface area contributed by atoms with Crippen molar-refractivity contribution in [1.29, 1.82) is 0 Å². The molecule has 2 aromatic carbocycles. The Bertz CT molecular complexity index is 977. The summed E-state index contributed by atoms with van der Waals surface area (Å²) in [4.78, 5) is 16.7. The summed E-state index contributed by atoms with van der Waals surface area (Å²) in [7, 11) is 0. The van der Waals surface area contributed by atoms with Crippen molar-refractivity contribution in [1.82, 2.24) is 4.98 Å². The van der Waals surface area contributed by atoms with E-state index in [4.69, 9.17) is 0 Å². The zero-order chi connectivity index (χ0) is 18.7. The second-order valence-electron chi connectivity index (χ2n) is 5.80. The third-order valence-corrected chi connectivity index (χ3v) is 3.79. The topological polar surface area (TPSA) is 42.0 Å². The zero-order valence-electron chi connectivity index (χ0n) is 13.8. The zero-order valence-corrected chi connectivity index (χ0v) is 13.8. The average molecular weight is 356 g/mol. The molecule has 1 amide bonds. The number of alkyl halides is 3. The molecule has 3 rings (SSSR count). The molecule has 1 N–H and O–H groups in total.